The number of amides is 1. The van der Waals surface area contributed by atoms with Gasteiger partial charge in [0.1, 0.15) is 11.5 Å². The SMILES string of the molecule is COc1ccc(OCCCC(=O)Nc2cccc(S(C)(=O)=O)c2)cc1. The minimum atomic E-state index is -3.30. The lowest BCUT2D eigenvalue weighted by atomic mass is 10.2. The first-order valence-electron chi connectivity index (χ1n) is 7.75. The van der Waals surface area contributed by atoms with Crippen molar-refractivity contribution in [2.45, 2.75) is 17.7 Å². The zero-order chi connectivity index (χ0) is 18.3. The number of hydrogen-bond donors (Lipinski definition) is 1. The Labute approximate surface area is 147 Å². The van der Waals surface area contributed by atoms with E-state index in [0.29, 0.717) is 24.5 Å². The number of carbonyl (C=O) groups is 1. The molecule has 7 heteroatoms. The lowest BCUT2D eigenvalue weighted by Gasteiger charge is -2.08. The van der Waals surface area contributed by atoms with Crippen LogP contribution in [0.15, 0.2) is 53.4 Å². The smallest absolute Gasteiger partial charge is 0.224 e. The summed E-state index contributed by atoms with van der Waals surface area (Å²) in [5.74, 6) is 1.27. The van der Waals surface area contributed by atoms with Crippen molar-refractivity contribution in [1.29, 1.82) is 0 Å². The average Bonchev–Trinajstić information content (AvgIpc) is 2.59. The van der Waals surface area contributed by atoms with Gasteiger partial charge < -0.3 is 14.8 Å². The van der Waals surface area contributed by atoms with Gasteiger partial charge in [-0.05, 0) is 48.9 Å². The van der Waals surface area contributed by atoms with E-state index in [1.165, 1.54) is 12.1 Å². The van der Waals surface area contributed by atoms with E-state index in [9.17, 15) is 13.2 Å². The maximum atomic E-state index is 11.9. The van der Waals surface area contributed by atoms with E-state index in [2.05, 4.69) is 5.32 Å². The summed E-state index contributed by atoms with van der Waals surface area (Å²) in [6.45, 7) is 0.406. The van der Waals surface area contributed by atoms with E-state index in [1.54, 1.807) is 43.5 Å². The van der Waals surface area contributed by atoms with Crippen LogP contribution in [0.2, 0.25) is 0 Å². The van der Waals surface area contributed by atoms with Gasteiger partial charge in [-0.2, -0.15) is 0 Å². The third-order valence-electron chi connectivity index (χ3n) is 3.42. The molecule has 1 N–H and O–H groups in total. The van der Waals surface area contributed by atoms with Crippen molar-refractivity contribution in [2.75, 3.05) is 25.3 Å². The molecule has 0 bridgehead atoms. The Morgan fingerprint density at radius 1 is 1.08 bits per heavy atom. The van der Waals surface area contributed by atoms with Gasteiger partial charge in [0, 0.05) is 18.4 Å². The van der Waals surface area contributed by atoms with Crippen LogP contribution < -0.4 is 14.8 Å². The number of methoxy groups -OCH3 is 1. The number of sulfone groups is 1. The van der Waals surface area contributed by atoms with Gasteiger partial charge in [-0.25, -0.2) is 8.42 Å². The zero-order valence-corrected chi connectivity index (χ0v) is 15.0. The summed E-state index contributed by atoms with van der Waals surface area (Å²) < 4.78 is 33.7. The van der Waals surface area contributed by atoms with Crippen molar-refractivity contribution in [3.63, 3.8) is 0 Å². The van der Waals surface area contributed by atoms with Gasteiger partial charge in [0.25, 0.3) is 0 Å². The summed E-state index contributed by atoms with van der Waals surface area (Å²) in [6, 6.07) is 13.4. The molecule has 6 nitrogen and oxygen atoms in total. The Bertz CT molecular complexity index is 816. The van der Waals surface area contributed by atoms with E-state index in [4.69, 9.17) is 9.47 Å². The monoisotopic (exact) mass is 363 g/mol. The van der Waals surface area contributed by atoms with E-state index in [-0.39, 0.29) is 17.2 Å². The van der Waals surface area contributed by atoms with Crippen molar-refractivity contribution in [1.82, 2.24) is 0 Å². The number of rotatable bonds is 8. The van der Waals surface area contributed by atoms with Crippen LogP contribution in [0.25, 0.3) is 0 Å². The first-order valence-corrected chi connectivity index (χ1v) is 9.64. The molecule has 2 rings (SSSR count). The summed E-state index contributed by atoms with van der Waals surface area (Å²) in [6.07, 6.45) is 1.95. The van der Waals surface area contributed by atoms with Crippen LogP contribution in [-0.4, -0.2) is 34.3 Å². The van der Waals surface area contributed by atoms with Gasteiger partial charge in [0.15, 0.2) is 9.84 Å². The molecule has 2 aromatic carbocycles. The normalized spacial score (nSPS) is 11.0. The summed E-state index contributed by atoms with van der Waals surface area (Å²) in [7, 11) is -1.70. The highest BCUT2D eigenvalue weighted by atomic mass is 32.2. The predicted octanol–water partition coefficient (Wildman–Crippen LogP) is 2.90. The number of anilines is 1. The molecule has 0 aliphatic carbocycles. The van der Waals surface area contributed by atoms with Crippen molar-refractivity contribution < 1.29 is 22.7 Å². The molecule has 0 heterocycles. The number of ether oxygens (including phenoxy) is 2. The average molecular weight is 363 g/mol. The third kappa shape index (κ3) is 6.11. The number of nitrogens with one attached hydrogen (secondary N) is 1. The Kier molecular flexibility index (Phi) is 6.41. The van der Waals surface area contributed by atoms with Gasteiger partial charge in [-0.15, -0.1) is 0 Å². The largest absolute Gasteiger partial charge is 0.497 e. The van der Waals surface area contributed by atoms with E-state index in [0.717, 1.165) is 12.0 Å². The molecule has 0 saturated heterocycles. The molecule has 0 atom stereocenters. The second kappa shape index (κ2) is 8.53. The minimum absolute atomic E-state index is 0.174. The van der Waals surface area contributed by atoms with Crippen molar-refractivity contribution in [2.24, 2.45) is 0 Å². The van der Waals surface area contributed by atoms with Crippen molar-refractivity contribution >= 4 is 21.4 Å². The lowest BCUT2D eigenvalue weighted by molar-refractivity contribution is -0.116. The van der Waals surface area contributed by atoms with Crippen LogP contribution in [-0.2, 0) is 14.6 Å². The Morgan fingerprint density at radius 3 is 2.40 bits per heavy atom. The fourth-order valence-corrected chi connectivity index (χ4v) is 2.79. The maximum Gasteiger partial charge on any atom is 0.224 e. The van der Waals surface area contributed by atoms with Crippen LogP contribution in [0.3, 0.4) is 0 Å². The highest BCUT2D eigenvalue weighted by molar-refractivity contribution is 7.90. The summed E-state index contributed by atoms with van der Waals surface area (Å²) in [4.78, 5) is 12.1. The predicted molar refractivity (Wildman–Crippen MR) is 95.9 cm³/mol. The second-order valence-corrected chi connectivity index (χ2v) is 7.49. The fourth-order valence-electron chi connectivity index (χ4n) is 2.12. The molecule has 25 heavy (non-hydrogen) atoms. The highest BCUT2D eigenvalue weighted by Gasteiger charge is 2.09. The van der Waals surface area contributed by atoms with Crippen molar-refractivity contribution in [3.8, 4) is 11.5 Å². The fraction of sp³-hybridized carbons (Fsp3) is 0.278. The van der Waals surface area contributed by atoms with Gasteiger partial charge in [-0.3, -0.25) is 4.79 Å². The number of carbonyl (C=O) groups excluding carboxylic acids is 1. The van der Waals surface area contributed by atoms with E-state index >= 15 is 0 Å². The second-order valence-electron chi connectivity index (χ2n) is 5.48. The quantitative estimate of drug-likeness (QED) is 0.729. The van der Waals surface area contributed by atoms with E-state index < -0.39 is 9.84 Å². The van der Waals surface area contributed by atoms with Crippen LogP contribution in [0, 0.1) is 0 Å². The summed E-state index contributed by atoms with van der Waals surface area (Å²) >= 11 is 0. The Morgan fingerprint density at radius 2 is 1.76 bits per heavy atom. The number of hydrogen-bond acceptors (Lipinski definition) is 5. The van der Waals surface area contributed by atoms with E-state index in [1.807, 2.05) is 0 Å². The topological polar surface area (TPSA) is 81.7 Å². The van der Waals surface area contributed by atoms with Crippen LogP contribution >= 0.6 is 0 Å². The molecule has 0 aliphatic heterocycles. The van der Waals surface area contributed by atoms with Crippen LogP contribution in [0.1, 0.15) is 12.8 Å². The summed E-state index contributed by atoms with van der Waals surface area (Å²) in [5.41, 5.74) is 0.462. The lowest BCUT2D eigenvalue weighted by Crippen LogP contribution is -2.13. The minimum Gasteiger partial charge on any atom is -0.497 e. The number of benzene rings is 2. The van der Waals surface area contributed by atoms with Crippen molar-refractivity contribution in [3.05, 3.63) is 48.5 Å². The third-order valence-corrected chi connectivity index (χ3v) is 4.53. The molecule has 0 unspecified atom stereocenters. The van der Waals surface area contributed by atoms with Crippen LogP contribution in [0.5, 0.6) is 11.5 Å². The Hall–Kier alpha value is -2.54. The van der Waals surface area contributed by atoms with Gasteiger partial charge in [0.05, 0.1) is 18.6 Å². The molecule has 0 aromatic heterocycles. The molecule has 0 fully saturated rings. The Balaban J connectivity index is 1.77. The molecule has 134 valence electrons. The maximum absolute atomic E-state index is 11.9. The van der Waals surface area contributed by atoms with Gasteiger partial charge in [-0.1, -0.05) is 6.07 Å². The molecule has 0 saturated carbocycles. The molecule has 2 aromatic rings. The first kappa shape index (κ1) is 18.8. The first-order chi connectivity index (χ1) is 11.9. The molecule has 0 spiro atoms. The van der Waals surface area contributed by atoms with Gasteiger partial charge in [0.2, 0.25) is 5.91 Å². The summed E-state index contributed by atoms with van der Waals surface area (Å²) in [5, 5.41) is 2.69. The van der Waals surface area contributed by atoms with Gasteiger partial charge >= 0.3 is 0 Å². The molecule has 0 radical (unpaired) electrons. The standard InChI is InChI=1S/C18H21NO5S/c1-23-15-8-10-16(11-9-15)24-12-4-7-18(20)19-14-5-3-6-17(13-14)25(2,21)22/h3,5-6,8-11,13H,4,7,12H2,1-2H3,(H,19,20). The molecule has 0 aliphatic rings. The highest BCUT2D eigenvalue weighted by Crippen LogP contribution is 2.18. The molecular formula is C18H21NO5S. The van der Waals surface area contributed by atoms with Crippen LogP contribution in [0.4, 0.5) is 5.69 Å². The zero-order valence-electron chi connectivity index (χ0n) is 14.2. The molecule has 1 amide bonds. The molecular weight excluding hydrogens is 342 g/mol.